The van der Waals surface area contributed by atoms with E-state index in [1.165, 1.54) is 0 Å². The van der Waals surface area contributed by atoms with Gasteiger partial charge in [0.1, 0.15) is 6.10 Å². The highest BCUT2D eigenvalue weighted by Gasteiger charge is 2.59. The molecule has 0 amide bonds. The van der Waals surface area contributed by atoms with Crippen molar-refractivity contribution in [1.29, 1.82) is 0 Å². The standard InChI is InChI=1S/C23H19N3O8/c27-22(13-5-15(25(28)29)8-16(6-13)26(30)31)34-21-11-24-10-14-7-18-19(33-12-32-18)9-17(14)23(21)4-2-1-3-20(23)24/h2,4-9,20-21H,1,3,10-12H2. The van der Waals surface area contributed by atoms with E-state index in [1.54, 1.807) is 0 Å². The number of ether oxygens (including phenoxy) is 3. The van der Waals surface area contributed by atoms with Crippen molar-refractivity contribution in [2.45, 2.75) is 36.9 Å². The molecule has 0 N–H and O–H groups in total. The first kappa shape index (κ1) is 20.6. The van der Waals surface area contributed by atoms with Crippen LogP contribution in [0, 0.1) is 20.2 Å². The Morgan fingerprint density at radius 3 is 2.47 bits per heavy atom. The number of hydrogen-bond acceptors (Lipinski definition) is 9. The highest BCUT2D eigenvalue weighted by molar-refractivity contribution is 5.91. The summed E-state index contributed by atoms with van der Waals surface area (Å²) in [7, 11) is 0. The molecule has 0 spiro atoms. The van der Waals surface area contributed by atoms with E-state index >= 15 is 0 Å². The van der Waals surface area contributed by atoms with Crippen LogP contribution in [0.4, 0.5) is 11.4 Å². The molecule has 1 fully saturated rings. The number of nitrogens with zero attached hydrogens (tertiary/aromatic N) is 3. The van der Waals surface area contributed by atoms with Crippen molar-refractivity contribution < 1.29 is 28.9 Å². The van der Waals surface area contributed by atoms with Gasteiger partial charge in [0.2, 0.25) is 6.79 Å². The molecule has 11 heteroatoms. The molecule has 4 aliphatic rings. The Hall–Kier alpha value is -3.99. The Morgan fingerprint density at radius 2 is 1.76 bits per heavy atom. The van der Waals surface area contributed by atoms with E-state index in [9.17, 15) is 25.0 Å². The Balaban J connectivity index is 1.40. The zero-order valence-corrected chi connectivity index (χ0v) is 17.8. The van der Waals surface area contributed by atoms with Gasteiger partial charge in [-0.15, -0.1) is 0 Å². The number of benzene rings is 2. The van der Waals surface area contributed by atoms with Crippen molar-refractivity contribution in [3.63, 3.8) is 0 Å². The van der Waals surface area contributed by atoms with Crippen molar-refractivity contribution >= 4 is 17.3 Å². The predicted octanol–water partition coefficient (Wildman–Crippen LogP) is 3.24. The van der Waals surface area contributed by atoms with Crippen molar-refractivity contribution in [3.8, 4) is 11.5 Å². The molecule has 0 aromatic heterocycles. The maximum absolute atomic E-state index is 13.2. The van der Waals surface area contributed by atoms with Crippen LogP contribution in [0.15, 0.2) is 42.5 Å². The average Bonchev–Trinajstić information content (AvgIpc) is 3.38. The van der Waals surface area contributed by atoms with Crippen LogP contribution in [0.25, 0.3) is 0 Å². The minimum Gasteiger partial charge on any atom is -0.456 e. The van der Waals surface area contributed by atoms with Gasteiger partial charge in [0.05, 0.1) is 26.9 Å². The minimum absolute atomic E-state index is 0.114. The molecular formula is C23H19N3O8. The molecule has 4 atom stereocenters. The largest absolute Gasteiger partial charge is 0.456 e. The molecule has 174 valence electrons. The molecule has 1 aliphatic carbocycles. The third-order valence-electron chi connectivity index (χ3n) is 7.17. The number of hydrogen-bond donors (Lipinski definition) is 0. The summed E-state index contributed by atoms with van der Waals surface area (Å²) >= 11 is 0. The van der Waals surface area contributed by atoms with Gasteiger partial charge in [0.15, 0.2) is 11.5 Å². The third-order valence-corrected chi connectivity index (χ3v) is 7.17. The van der Waals surface area contributed by atoms with Gasteiger partial charge in [-0.05, 0) is 36.1 Å². The van der Waals surface area contributed by atoms with E-state index < -0.39 is 38.7 Å². The van der Waals surface area contributed by atoms with Gasteiger partial charge in [-0.1, -0.05) is 12.2 Å². The number of allylic oxidation sites excluding steroid dienone is 1. The Labute approximate surface area is 192 Å². The van der Waals surface area contributed by atoms with Crippen LogP contribution in [0.5, 0.6) is 11.5 Å². The molecule has 2 aromatic carbocycles. The summed E-state index contributed by atoms with van der Waals surface area (Å²) in [5, 5.41) is 22.5. The first-order chi connectivity index (χ1) is 16.4. The number of nitro benzene ring substituents is 2. The van der Waals surface area contributed by atoms with E-state index in [-0.39, 0.29) is 18.4 Å². The molecule has 34 heavy (non-hydrogen) atoms. The lowest BCUT2D eigenvalue weighted by Gasteiger charge is -2.45. The SMILES string of the molecule is O=C(OC1CN2Cc3cc4c(cc3C13C=CCCC23)OCO4)c1cc([N+](=O)[O-])cc([N+](=O)[O-])c1. The lowest BCUT2D eigenvalue weighted by Crippen LogP contribution is -2.50. The summed E-state index contributed by atoms with van der Waals surface area (Å²) in [5.74, 6) is 0.497. The average molecular weight is 465 g/mol. The fourth-order valence-electron chi connectivity index (χ4n) is 5.79. The number of non-ortho nitro benzene ring substituents is 2. The molecule has 11 nitrogen and oxygen atoms in total. The summed E-state index contributed by atoms with van der Waals surface area (Å²) in [4.78, 5) is 36.4. The fraction of sp³-hybridized carbons (Fsp3) is 0.348. The maximum atomic E-state index is 13.2. The topological polar surface area (TPSA) is 134 Å². The summed E-state index contributed by atoms with van der Waals surface area (Å²) in [6.07, 6.45) is 5.39. The van der Waals surface area contributed by atoms with Crippen molar-refractivity contribution in [3.05, 3.63) is 79.4 Å². The number of carbonyl (C=O) groups is 1. The monoisotopic (exact) mass is 465 g/mol. The van der Waals surface area contributed by atoms with Gasteiger partial charge >= 0.3 is 5.97 Å². The second-order valence-corrected chi connectivity index (χ2v) is 8.87. The summed E-state index contributed by atoms with van der Waals surface area (Å²) in [6.45, 7) is 1.29. The summed E-state index contributed by atoms with van der Waals surface area (Å²) < 4.78 is 17.1. The molecule has 0 radical (unpaired) electrons. The Kier molecular flexibility index (Phi) is 4.40. The molecule has 1 saturated heterocycles. The molecule has 2 bridgehead atoms. The number of esters is 1. The van der Waals surface area contributed by atoms with Crippen molar-refractivity contribution in [1.82, 2.24) is 4.90 Å². The number of carbonyl (C=O) groups excluding carboxylic acids is 1. The van der Waals surface area contributed by atoms with Crippen LogP contribution in [0.1, 0.15) is 34.3 Å². The normalized spacial score (nSPS) is 27.6. The van der Waals surface area contributed by atoms with Gasteiger partial charge in [-0.25, -0.2) is 4.79 Å². The molecule has 3 heterocycles. The fourth-order valence-corrected chi connectivity index (χ4v) is 5.79. The van der Waals surface area contributed by atoms with E-state index in [0.717, 1.165) is 42.2 Å². The quantitative estimate of drug-likeness (QED) is 0.289. The number of rotatable bonds is 4. The number of fused-ring (bicyclic) bond motifs is 2. The van der Waals surface area contributed by atoms with E-state index in [1.807, 2.05) is 12.1 Å². The molecule has 6 rings (SSSR count). The van der Waals surface area contributed by atoms with E-state index in [0.29, 0.717) is 24.6 Å². The molecular weight excluding hydrogens is 446 g/mol. The second-order valence-electron chi connectivity index (χ2n) is 8.87. The minimum atomic E-state index is -0.833. The highest BCUT2D eigenvalue weighted by atomic mass is 16.7. The Morgan fingerprint density at radius 1 is 1.06 bits per heavy atom. The van der Waals surface area contributed by atoms with Gasteiger partial charge in [0.25, 0.3) is 11.4 Å². The van der Waals surface area contributed by atoms with Crippen molar-refractivity contribution in [2.24, 2.45) is 0 Å². The zero-order valence-electron chi connectivity index (χ0n) is 17.8. The van der Waals surface area contributed by atoms with Gasteiger partial charge in [-0.2, -0.15) is 0 Å². The summed E-state index contributed by atoms with van der Waals surface area (Å²) in [6, 6.07) is 6.88. The first-order valence-corrected chi connectivity index (χ1v) is 10.9. The van der Waals surface area contributed by atoms with Gasteiger partial charge in [-0.3, -0.25) is 25.1 Å². The Bertz CT molecular complexity index is 1260. The van der Waals surface area contributed by atoms with Gasteiger partial charge < -0.3 is 14.2 Å². The van der Waals surface area contributed by atoms with Crippen LogP contribution in [-0.2, 0) is 16.7 Å². The molecule has 4 unspecified atom stereocenters. The van der Waals surface area contributed by atoms with Crippen LogP contribution < -0.4 is 9.47 Å². The highest BCUT2D eigenvalue weighted by Crippen LogP contribution is 2.54. The lowest BCUT2D eigenvalue weighted by molar-refractivity contribution is -0.394. The van der Waals surface area contributed by atoms with Crippen LogP contribution in [-0.4, -0.2) is 46.2 Å². The van der Waals surface area contributed by atoms with Crippen molar-refractivity contribution in [2.75, 3.05) is 13.3 Å². The number of nitro groups is 2. The van der Waals surface area contributed by atoms with E-state index in [4.69, 9.17) is 14.2 Å². The third kappa shape index (κ3) is 2.90. The maximum Gasteiger partial charge on any atom is 0.339 e. The molecule has 2 aromatic rings. The lowest BCUT2D eigenvalue weighted by atomic mass is 9.65. The molecule has 0 saturated carbocycles. The zero-order chi connectivity index (χ0) is 23.6. The predicted molar refractivity (Wildman–Crippen MR) is 116 cm³/mol. The smallest absolute Gasteiger partial charge is 0.339 e. The van der Waals surface area contributed by atoms with Crippen LogP contribution >= 0.6 is 0 Å². The first-order valence-electron chi connectivity index (χ1n) is 10.9. The van der Waals surface area contributed by atoms with Crippen LogP contribution in [0.2, 0.25) is 0 Å². The van der Waals surface area contributed by atoms with E-state index in [2.05, 4.69) is 17.1 Å². The molecule has 3 aliphatic heterocycles. The second kappa shape index (κ2) is 7.26. The summed E-state index contributed by atoms with van der Waals surface area (Å²) in [5.41, 5.74) is 0.153. The van der Waals surface area contributed by atoms with Crippen LogP contribution in [0.3, 0.4) is 0 Å². The van der Waals surface area contributed by atoms with Gasteiger partial charge in [0, 0.05) is 31.3 Å².